The molecule has 1 aromatic heterocycles. The Morgan fingerprint density at radius 1 is 1.28 bits per heavy atom. The molecule has 94 valence electrons. The van der Waals surface area contributed by atoms with Crippen LogP contribution in [0.15, 0.2) is 29.1 Å². The van der Waals surface area contributed by atoms with Gasteiger partial charge >= 0.3 is 5.97 Å². The number of hydrogen-bond acceptors (Lipinski definition) is 2. The maximum absolute atomic E-state index is 13.6. The summed E-state index contributed by atoms with van der Waals surface area (Å²) in [6.45, 7) is 0. The average molecular weight is 250 g/mol. The van der Waals surface area contributed by atoms with E-state index in [1.165, 1.54) is 12.1 Å². The van der Waals surface area contributed by atoms with Crippen LogP contribution in [-0.2, 0) is 11.2 Å². The SMILES string of the molecule is O=C(O)CCc1c(-c2ccccc2F)[nH][nH]c1=O. The van der Waals surface area contributed by atoms with Crippen molar-refractivity contribution in [1.29, 1.82) is 0 Å². The third-order valence-corrected chi connectivity index (χ3v) is 2.61. The Balaban J connectivity index is 2.43. The molecular weight excluding hydrogens is 239 g/mol. The highest BCUT2D eigenvalue weighted by atomic mass is 19.1. The Morgan fingerprint density at radius 2 is 2.00 bits per heavy atom. The summed E-state index contributed by atoms with van der Waals surface area (Å²) in [5, 5.41) is 13.6. The Hall–Kier alpha value is -2.37. The van der Waals surface area contributed by atoms with Gasteiger partial charge in [-0.25, -0.2) is 4.39 Å². The second-order valence-electron chi connectivity index (χ2n) is 3.81. The number of aromatic amines is 2. The number of hydrogen-bond donors (Lipinski definition) is 3. The van der Waals surface area contributed by atoms with Gasteiger partial charge in [-0.3, -0.25) is 19.8 Å². The summed E-state index contributed by atoms with van der Waals surface area (Å²) >= 11 is 0. The lowest BCUT2D eigenvalue weighted by molar-refractivity contribution is -0.136. The number of halogens is 1. The van der Waals surface area contributed by atoms with E-state index in [-0.39, 0.29) is 24.0 Å². The van der Waals surface area contributed by atoms with Gasteiger partial charge in [0.25, 0.3) is 5.56 Å². The topological polar surface area (TPSA) is 85.9 Å². The van der Waals surface area contributed by atoms with Crippen LogP contribution in [0.5, 0.6) is 0 Å². The van der Waals surface area contributed by atoms with Gasteiger partial charge in [0.2, 0.25) is 0 Å². The van der Waals surface area contributed by atoms with Crippen LogP contribution in [-0.4, -0.2) is 21.3 Å². The van der Waals surface area contributed by atoms with Crippen molar-refractivity contribution in [3.63, 3.8) is 0 Å². The molecule has 1 heterocycles. The van der Waals surface area contributed by atoms with Crippen molar-refractivity contribution in [3.8, 4) is 11.3 Å². The van der Waals surface area contributed by atoms with Crippen molar-refractivity contribution >= 4 is 5.97 Å². The minimum absolute atomic E-state index is 0.0534. The van der Waals surface area contributed by atoms with Gasteiger partial charge in [0.15, 0.2) is 0 Å². The molecule has 0 aliphatic carbocycles. The van der Waals surface area contributed by atoms with Gasteiger partial charge in [-0.15, -0.1) is 0 Å². The Bertz CT molecular complexity index is 630. The molecule has 5 nitrogen and oxygen atoms in total. The van der Waals surface area contributed by atoms with E-state index in [0.717, 1.165) is 0 Å². The van der Waals surface area contributed by atoms with E-state index in [4.69, 9.17) is 5.11 Å². The molecule has 2 rings (SSSR count). The Morgan fingerprint density at radius 3 is 2.67 bits per heavy atom. The minimum atomic E-state index is -1.00. The highest BCUT2D eigenvalue weighted by Gasteiger charge is 2.15. The molecule has 0 saturated carbocycles. The van der Waals surface area contributed by atoms with E-state index in [2.05, 4.69) is 10.2 Å². The monoisotopic (exact) mass is 250 g/mol. The molecule has 0 fully saturated rings. The zero-order valence-electron chi connectivity index (χ0n) is 9.37. The Labute approximate surface area is 101 Å². The van der Waals surface area contributed by atoms with Gasteiger partial charge in [0.05, 0.1) is 5.69 Å². The number of nitrogens with one attached hydrogen (secondary N) is 2. The molecule has 3 N–H and O–H groups in total. The highest BCUT2D eigenvalue weighted by Crippen LogP contribution is 2.22. The summed E-state index contributed by atoms with van der Waals surface area (Å²) in [6, 6.07) is 5.99. The van der Waals surface area contributed by atoms with Crippen LogP contribution in [0.3, 0.4) is 0 Å². The summed E-state index contributed by atoms with van der Waals surface area (Å²) < 4.78 is 13.6. The largest absolute Gasteiger partial charge is 0.481 e. The lowest BCUT2D eigenvalue weighted by atomic mass is 10.0. The Kier molecular flexibility index (Phi) is 3.27. The lowest BCUT2D eigenvalue weighted by Crippen LogP contribution is -2.08. The number of carboxylic acid groups (broad SMARTS) is 1. The van der Waals surface area contributed by atoms with E-state index >= 15 is 0 Å². The first kappa shape index (κ1) is 12.1. The molecule has 0 bridgehead atoms. The van der Waals surface area contributed by atoms with Crippen LogP contribution in [0.1, 0.15) is 12.0 Å². The number of carbonyl (C=O) groups is 1. The fourth-order valence-electron chi connectivity index (χ4n) is 1.75. The van der Waals surface area contributed by atoms with Crippen molar-refractivity contribution in [3.05, 3.63) is 46.0 Å². The maximum atomic E-state index is 13.6. The molecule has 0 unspecified atom stereocenters. The van der Waals surface area contributed by atoms with E-state index in [1.54, 1.807) is 12.1 Å². The summed E-state index contributed by atoms with van der Waals surface area (Å²) in [6.07, 6.45) is -0.125. The zero-order valence-corrected chi connectivity index (χ0v) is 9.37. The average Bonchev–Trinajstić information content (AvgIpc) is 2.68. The predicted molar refractivity (Wildman–Crippen MR) is 62.8 cm³/mol. The van der Waals surface area contributed by atoms with Crippen molar-refractivity contribution < 1.29 is 14.3 Å². The van der Waals surface area contributed by atoms with Crippen molar-refractivity contribution in [2.75, 3.05) is 0 Å². The van der Waals surface area contributed by atoms with Gasteiger partial charge in [0.1, 0.15) is 5.82 Å². The first-order valence-electron chi connectivity index (χ1n) is 5.36. The lowest BCUT2D eigenvalue weighted by Gasteiger charge is -2.02. The molecule has 0 aliphatic heterocycles. The van der Waals surface area contributed by atoms with Crippen LogP contribution in [0, 0.1) is 5.82 Å². The molecule has 0 atom stereocenters. The summed E-state index contributed by atoms with van der Waals surface area (Å²) in [5.74, 6) is -1.47. The minimum Gasteiger partial charge on any atom is -0.481 e. The van der Waals surface area contributed by atoms with Gasteiger partial charge in [-0.05, 0) is 18.6 Å². The molecule has 18 heavy (non-hydrogen) atoms. The van der Waals surface area contributed by atoms with E-state index < -0.39 is 17.3 Å². The molecule has 1 aromatic carbocycles. The van der Waals surface area contributed by atoms with E-state index in [9.17, 15) is 14.0 Å². The second-order valence-corrected chi connectivity index (χ2v) is 3.81. The molecule has 6 heteroatoms. The third kappa shape index (κ3) is 2.32. The highest BCUT2D eigenvalue weighted by molar-refractivity contribution is 5.69. The summed E-state index contributed by atoms with van der Waals surface area (Å²) in [7, 11) is 0. The van der Waals surface area contributed by atoms with Crippen molar-refractivity contribution in [1.82, 2.24) is 10.2 Å². The molecule has 2 aromatic rings. The van der Waals surface area contributed by atoms with Gasteiger partial charge in [0, 0.05) is 17.5 Å². The predicted octanol–water partition coefficient (Wildman–Crippen LogP) is 1.53. The standard InChI is InChI=1S/C12H11FN2O3/c13-9-4-2-1-3-7(9)11-8(5-6-10(16)17)12(18)15-14-11/h1-4H,5-6H2,(H,16,17)(H2,14,15,18). The van der Waals surface area contributed by atoms with E-state index in [1.807, 2.05) is 0 Å². The number of aromatic nitrogens is 2. The van der Waals surface area contributed by atoms with Crippen LogP contribution >= 0.6 is 0 Å². The number of aliphatic carboxylic acids is 1. The van der Waals surface area contributed by atoms with Gasteiger partial charge in [-0.2, -0.15) is 0 Å². The smallest absolute Gasteiger partial charge is 0.303 e. The van der Waals surface area contributed by atoms with Crippen LogP contribution in [0.2, 0.25) is 0 Å². The van der Waals surface area contributed by atoms with Crippen molar-refractivity contribution in [2.45, 2.75) is 12.8 Å². The van der Waals surface area contributed by atoms with Gasteiger partial charge in [-0.1, -0.05) is 12.1 Å². The zero-order chi connectivity index (χ0) is 13.1. The third-order valence-electron chi connectivity index (χ3n) is 2.61. The van der Waals surface area contributed by atoms with Gasteiger partial charge < -0.3 is 5.11 Å². The first-order valence-corrected chi connectivity index (χ1v) is 5.36. The fourth-order valence-corrected chi connectivity index (χ4v) is 1.75. The fraction of sp³-hybridized carbons (Fsp3) is 0.167. The molecule has 0 aliphatic rings. The molecule has 0 amide bonds. The summed E-state index contributed by atoms with van der Waals surface area (Å²) in [4.78, 5) is 22.1. The number of rotatable bonds is 4. The molecular formula is C12H11FN2O3. The normalized spacial score (nSPS) is 10.5. The molecule has 0 spiro atoms. The van der Waals surface area contributed by atoms with Crippen LogP contribution in [0.4, 0.5) is 4.39 Å². The number of H-pyrrole nitrogens is 2. The number of benzene rings is 1. The van der Waals surface area contributed by atoms with Crippen molar-refractivity contribution in [2.24, 2.45) is 0 Å². The maximum Gasteiger partial charge on any atom is 0.303 e. The van der Waals surface area contributed by atoms with Crippen LogP contribution < -0.4 is 5.56 Å². The first-order chi connectivity index (χ1) is 8.59. The van der Waals surface area contributed by atoms with Crippen LogP contribution in [0.25, 0.3) is 11.3 Å². The summed E-state index contributed by atoms with van der Waals surface area (Å²) in [5.41, 5.74) is 0.382. The molecule has 0 saturated heterocycles. The van der Waals surface area contributed by atoms with E-state index in [0.29, 0.717) is 5.69 Å². The molecule has 0 radical (unpaired) electrons. The quantitative estimate of drug-likeness (QED) is 0.769. The second kappa shape index (κ2) is 4.87. The number of carboxylic acids is 1.